The summed E-state index contributed by atoms with van der Waals surface area (Å²) in [5.74, 6) is -0.850. The molecule has 0 unspecified atom stereocenters. The van der Waals surface area contributed by atoms with E-state index in [1.54, 1.807) is 18.2 Å². The Morgan fingerprint density at radius 2 is 2.19 bits per heavy atom. The Morgan fingerprint density at radius 3 is 2.90 bits per heavy atom. The van der Waals surface area contributed by atoms with Gasteiger partial charge in [0.1, 0.15) is 12.5 Å². The lowest BCUT2D eigenvalue weighted by Gasteiger charge is -2.09. The van der Waals surface area contributed by atoms with E-state index in [0.29, 0.717) is 16.9 Å². The SMILES string of the molecule is NC(=O)c1ccnc(COCNc2ccc(I)cc2F)c1. The maximum absolute atomic E-state index is 13.6. The smallest absolute Gasteiger partial charge is 0.248 e. The Kier molecular flexibility index (Phi) is 5.45. The van der Waals surface area contributed by atoms with Gasteiger partial charge in [0.2, 0.25) is 5.91 Å². The Morgan fingerprint density at radius 1 is 1.38 bits per heavy atom. The molecule has 5 nitrogen and oxygen atoms in total. The van der Waals surface area contributed by atoms with Gasteiger partial charge in [0, 0.05) is 15.3 Å². The predicted octanol–water partition coefficient (Wildman–Crippen LogP) is 2.51. The third-order valence-corrected chi connectivity index (χ3v) is 3.32. The molecule has 0 spiro atoms. The van der Waals surface area contributed by atoms with E-state index in [-0.39, 0.29) is 19.2 Å². The third-order valence-electron chi connectivity index (χ3n) is 2.65. The maximum Gasteiger partial charge on any atom is 0.248 e. The number of anilines is 1. The molecule has 0 atom stereocenters. The summed E-state index contributed by atoms with van der Waals surface area (Å²) < 4.78 is 19.7. The highest BCUT2D eigenvalue weighted by Crippen LogP contribution is 2.16. The van der Waals surface area contributed by atoms with Crippen molar-refractivity contribution in [3.05, 3.63) is 57.2 Å². The normalized spacial score (nSPS) is 10.4. The monoisotopic (exact) mass is 401 g/mol. The Bertz CT molecular complexity index is 652. The second kappa shape index (κ2) is 7.32. The van der Waals surface area contributed by atoms with E-state index < -0.39 is 5.91 Å². The minimum atomic E-state index is -0.516. The summed E-state index contributed by atoms with van der Waals surface area (Å²) in [6, 6.07) is 7.97. The quantitative estimate of drug-likeness (QED) is 0.443. The van der Waals surface area contributed by atoms with Gasteiger partial charge >= 0.3 is 0 Å². The van der Waals surface area contributed by atoms with E-state index in [0.717, 1.165) is 3.57 Å². The molecule has 3 N–H and O–H groups in total. The molecular weight excluding hydrogens is 388 g/mol. The van der Waals surface area contributed by atoms with Gasteiger partial charge in [0.15, 0.2) is 0 Å². The number of primary amides is 1. The number of hydrogen-bond acceptors (Lipinski definition) is 4. The molecule has 1 amide bonds. The molecule has 0 aliphatic heterocycles. The number of amides is 1. The Labute approximate surface area is 134 Å². The summed E-state index contributed by atoms with van der Waals surface area (Å²) in [4.78, 5) is 15.1. The van der Waals surface area contributed by atoms with Crippen molar-refractivity contribution < 1.29 is 13.9 Å². The number of carbonyl (C=O) groups is 1. The second-order valence-electron chi connectivity index (χ2n) is 4.19. The first-order chi connectivity index (χ1) is 10.1. The molecule has 2 aromatic rings. The van der Waals surface area contributed by atoms with Crippen molar-refractivity contribution >= 4 is 34.2 Å². The molecule has 110 valence electrons. The molecule has 7 heteroatoms. The first kappa shape index (κ1) is 15.6. The fourth-order valence-corrected chi connectivity index (χ4v) is 2.08. The van der Waals surface area contributed by atoms with Gasteiger partial charge in [0.05, 0.1) is 18.0 Å². The van der Waals surface area contributed by atoms with Crippen molar-refractivity contribution in [1.82, 2.24) is 4.98 Å². The van der Waals surface area contributed by atoms with E-state index in [1.807, 2.05) is 22.6 Å². The van der Waals surface area contributed by atoms with Gasteiger partial charge in [-0.3, -0.25) is 9.78 Å². The lowest BCUT2D eigenvalue weighted by molar-refractivity contribution is 0.0999. The third kappa shape index (κ3) is 4.64. The molecule has 1 aromatic carbocycles. The molecule has 1 aromatic heterocycles. The molecule has 0 aliphatic rings. The number of ether oxygens (including phenoxy) is 1. The highest BCUT2D eigenvalue weighted by Gasteiger charge is 2.04. The number of nitrogens with one attached hydrogen (secondary N) is 1. The fraction of sp³-hybridized carbons (Fsp3) is 0.143. The van der Waals surface area contributed by atoms with E-state index >= 15 is 0 Å². The van der Waals surface area contributed by atoms with Crippen molar-refractivity contribution in [2.45, 2.75) is 6.61 Å². The first-order valence-corrected chi connectivity index (χ1v) is 7.15. The standard InChI is InChI=1S/C14H13FIN3O2/c15-12-6-10(16)1-2-13(12)19-8-21-7-11-5-9(14(17)20)3-4-18-11/h1-6,19H,7-8H2,(H2,17,20). The topological polar surface area (TPSA) is 77.2 Å². The van der Waals surface area contributed by atoms with Crippen LogP contribution in [0.4, 0.5) is 10.1 Å². The van der Waals surface area contributed by atoms with Crippen LogP contribution in [-0.2, 0) is 11.3 Å². The van der Waals surface area contributed by atoms with Crippen LogP contribution in [0.2, 0.25) is 0 Å². The van der Waals surface area contributed by atoms with Gasteiger partial charge < -0.3 is 15.8 Å². The van der Waals surface area contributed by atoms with Crippen molar-refractivity contribution in [3.8, 4) is 0 Å². The van der Waals surface area contributed by atoms with Crippen LogP contribution in [0.25, 0.3) is 0 Å². The largest absolute Gasteiger partial charge is 0.366 e. The first-order valence-electron chi connectivity index (χ1n) is 6.07. The van der Waals surface area contributed by atoms with Crippen LogP contribution < -0.4 is 11.1 Å². The zero-order valence-electron chi connectivity index (χ0n) is 11.0. The summed E-state index contributed by atoms with van der Waals surface area (Å²) >= 11 is 2.04. The molecule has 0 saturated carbocycles. The van der Waals surface area contributed by atoms with Gasteiger partial charge in [-0.1, -0.05) is 0 Å². The molecule has 21 heavy (non-hydrogen) atoms. The van der Waals surface area contributed by atoms with Crippen LogP contribution in [0, 0.1) is 9.39 Å². The van der Waals surface area contributed by atoms with Crippen LogP contribution >= 0.6 is 22.6 Å². The molecule has 0 radical (unpaired) electrons. The van der Waals surface area contributed by atoms with E-state index in [4.69, 9.17) is 10.5 Å². The average molecular weight is 401 g/mol. The molecule has 0 saturated heterocycles. The molecule has 2 rings (SSSR count). The van der Waals surface area contributed by atoms with Crippen LogP contribution in [0.1, 0.15) is 16.1 Å². The molecular formula is C14H13FIN3O2. The summed E-state index contributed by atoms with van der Waals surface area (Å²) in [5, 5.41) is 2.83. The van der Waals surface area contributed by atoms with Crippen LogP contribution in [-0.4, -0.2) is 17.6 Å². The number of carbonyl (C=O) groups excluding carboxylic acids is 1. The lowest BCUT2D eigenvalue weighted by atomic mass is 10.2. The highest BCUT2D eigenvalue weighted by atomic mass is 127. The number of hydrogen-bond donors (Lipinski definition) is 2. The Hall–Kier alpha value is -1.74. The molecule has 0 bridgehead atoms. The van der Waals surface area contributed by atoms with Crippen molar-refractivity contribution in [2.24, 2.45) is 5.73 Å². The van der Waals surface area contributed by atoms with E-state index in [1.165, 1.54) is 18.3 Å². The fourth-order valence-electron chi connectivity index (χ4n) is 1.63. The zero-order chi connectivity index (χ0) is 15.2. The Balaban J connectivity index is 1.84. The highest BCUT2D eigenvalue weighted by molar-refractivity contribution is 14.1. The number of pyridine rings is 1. The van der Waals surface area contributed by atoms with Gasteiger partial charge in [-0.05, 0) is 52.9 Å². The summed E-state index contributed by atoms with van der Waals surface area (Å²) in [7, 11) is 0. The van der Waals surface area contributed by atoms with Crippen LogP contribution in [0.15, 0.2) is 36.5 Å². The van der Waals surface area contributed by atoms with Crippen LogP contribution in [0.3, 0.4) is 0 Å². The molecule has 1 heterocycles. The minimum Gasteiger partial charge on any atom is -0.366 e. The minimum absolute atomic E-state index is 0.125. The van der Waals surface area contributed by atoms with Gasteiger partial charge in [0.25, 0.3) is 0 Å². The predicted molar refractivity (Wildman–Crippen MR) is 85.2 cm³/mol. The maximum atomic E-state index is 13.6. The number of nitrogens with two attached hydrogens (primary N) is 1. The van der Waals surface area contributed by atoms with Crippen molar-refractivity contribution in [1.29, 1.82) is 0 Å². The van der Waals surface area contributed by atoms with Crippen molar-refractivity contribution in [2.75, 3.05) is 12.0 Å². The molecule has 0 aliphatic carbocycles. The van der Waals surface area contributed by atoms with Gasteiger partial charge in [-0.25, -0.2) is 4.39 Å². The van der Waals surface area contributed by atoms with Crippen molar-refractivity contribution in [3.63, 3.8) is 0 Å². The average Bonchev–Trinajstić information content (AvgIpc) is 2.45. The number of aromatic nitrogens is 1. The van der Waals surface area contributed by atoms with E-state index in [2.05, 4.69) is 10.3 Å². The lowest BCUT2D eigenvalue weighted by Crippen LogP contribution is -2.12. The second-order valence-corrected chi connectivity index (χ2v) is 5.44. The summed E-state index contributed by atoms with van der Waals surface area (Å²) in [5.41, 5.74) is 6.50. The molecule has 0 fully saturated rings. The number of rotatable bonds is 6. The summed E-state index contributed by atoms with van der Waals surface area (Å²) in [6.07, 6.45) is 1.49. The van der Waals surface area contributed by atoms with Gasteiger partial charge in [-0.15, -0.1) is 0 Å². The van der Waals surface area contributed by atoms with Gasteiger partial charge in [-0.2, -0.15) is 0 Å². The van der Waals surface area contributed by atoms with E-state index in [9.17, 15) is 9.18 Å². The number of nitrogens with zero attached hydrogens (tertiary/aromatic N) is 1. The zero-order valence-corrected chi connectivity index (χ0v) is 13.1. The number of halogens is 2. The summed E-state index contributed by atoms with van der Waals surface area (Å²) in [6.45, 7) is 0.320. The number of benzene rings is 1. The van der Waals surface area contributed by atoms with Crippen LogP contribution in [0.5, 0.6) is 0 Å².